The molecule has 0 amide bonds. The quantitative estimate of drug-likeness (QED) is 0.583. The molecule has 0 spiro atoms. The third-order valence-electron chi connectivity index (χ3n) is 1.22. The summed E-state index contributed by atoms with van der Waals surface area (Å²) in [5.41, 5.74) is 1.76. The Hall–Kier alpha value is -1.02. The van der Waals surface area contributed by atoms with Crippen LogP contribution in [-0.4, -0.2) is 4.98 Å². The van der Waals surface area contributed by atoms with Gasteiger partial charge in [0.1, 0.15) is 5.52 Å². The maximum absolute atomic E-state index is 5.06. The van der Waals surface area contributed by atoms with Crippen LogP contribution in [0.2, 0.25) is 0 Å². The van der Waals surface area contributed by atoms with Crippen molar-refractivity contribution in [2.24, 2.45) is 0 Å². The summed E-state index contributed by atoms with van der Waals surface area (Å²) in [6, 6.07) is 5.59. The van der Waals surface area contributed by atoms with Gasteiger partial charge in [-0.05, 0) is 12.1 Å². The van der Waals surface area contributed by atoms with Gasteiger partial charge in [0.2, 0.25) is 0 Å². The van der Waals surface area contributed by atoms with Gasteiger partial charge >= 0.3 is 0 Å². The first-order valence-electron chi connectivity index (χ1n) is 2.75. The lowest BCUT2D eigenvalue weighted by molar-refractivity contribution is 0.615. The van der Waals surface area contributed by atoms with Gasteiger partial charge in [-0.1, -0.05) is 0 Å². The Morgan fingerprint density at radius 1 is 1.30 bits per heavy atom. The normalized spacial score (nSPS) is 9.20. The van der Waals surface area contributed by atoms with Crippen molar-refractivity contribution in [3.05, 3.63) is 30.7 Å². The van der Waals surface area contributed by atoms with Crippen LogP contribution in [0.25, 0.3) is 11.1 Å². The van der Waals surface area contributed by atoms with E-state index in [1.165, 1.54) is 0 Å². The molecule has 0 aliphatic carbocycles. The fourth-order valence-electron chi connectivity index (χ4n) is 0.799. The second kappa shape index (κ2) is 2.71. The molecular formula is C7H6ClNO. The molecule has 0 atom stereocenters. The van der Waals surface area contributed by atoms with Crippen LogP contribution in [-0.2, 0) is 0 Å². The minimum atomic E-state index is 0. The smallest absolute Gasteiger partial charge is 0.152 e. The van der Waals surface area contributed by atoms with Crippen LogP contribution in [0.5, 0.6) is 0 Å². The highest BCUT2D eigenvalue weighted by molar-refractivity contribution is 5.85. The summed E-state index contributed by atoms with van der Waals surface area (Å²) in [4.78, 5) is 4.05. The van der Waals surface area contributed by atoms with Crippen LogP contribution < -0.4 is 0 Å². The molecule has 0 aromatic carbocycles. The van der Waals surface area contributed by atoms with Crippen LogP contribution in [0.15, 0.2) is 35.1 Å². The summed E-state index contributed by atoms with van der Waals surface area (Å²) in [5.74, 6) is 0. The Labute approximate surface area is 64.3 Å². The SMILES string of the molecule is Cl.c1cnc2ccoc2c1. The molecule has 2 nitrogen and oxygen atoms in total. The Morgan fingerprint density at radius 3 is 3.00 bits per heavy atom. The summed E-state index contributed by atoms with van der Waals surface area (Å²) in [6.07, 6.45) is 3.38. The molecule has 0 N–H and O–H groups in total. The van der Waals surface area contributed by atoms with E-state index in [-0.39, 0.29) is 12.4 Å². The molecule has 0 saturated carbocycles. The van der Waals surface area contributed by atoms with Gasteiger partial charge in [-0.15, -0.1) is 12.4 Å². The lowest BCUT2D eigenvalue weighted by Crippen LogP contribution is -1.66. The van der Waals surface area contributed by atoms with E-state index in [0.29, 0.717) is 0 Å². The van der Waals surface area contributed by atoms with Gasteiger partial charge in [0, 0.05) is 12.3 Å². The number of pyridine rings is 1. The lowest BCUT2D eigenvalue weighted by Gasteiger charge is -1.80. The minimum Gasteiger partial charge on any atom is -0.463 e. The van der Waals surface area contributed by atoms with E-state index >= 15 is 0 Å². The highest BCUT2D eigenvalue weighted by Crippen LogP contribution is 2.09. The van der Waals surface area contributed by atoms with Gasteiger partial charge in [-0.3, -0.25) is 4.98 Å². The molecule has 0 aliphatic rings. The predicted molar refractivity (Wildman–Crippen MR) is 41.3 cm³/mol. The van der Waals surface area contributed by atoms with Crippen LogP contribution in [0.3, 0.4) is 0 Å². The Balaban J connectivity index is 0.000000500. The molecule has 10 heavy (non-hydrogen) atoms. The molecule has 0 saturated heterocycles. The highest BCUT2D eigenvalue weighted by atomic mass is 35.5. The van der Waals surface area contributed by atoms with Crippen LogP contribution in [0, 0.1) is 0 Å². The number of furan rings is 1. The third-order valence-corrected chi connectivity index (χ3v) is 1.22. The first kappa shape index (κ1) is 7.09. The van der Waals surface area contributed by atoms with Crippen molar-refractivity contribution in [1.29, 1.82) is 0 Å². The molecule has 0 fully saturated rings. The highest BCUT2D eigenvalue weighted by Gasteiger charge is 1.91. The fraction of sp³-hybridized carbons (Fsp3) is 0. The number of rotatable bonds is 0. The van der Waals surface area contributed by atoms with E-state index in [1.807, 2.05) is 18.2 Å². The maximum Gasteiger partial charge on any atom is 0.152 e. The first-order valence-corrected chi connectivity index (χ1v) is 2.75. The van der Waals surface area contributed by atoms with Crippen molar-refractivity contribution in [1.82, 2.24) is 4.98 Å². The monoisotopic (exact) mass is 155 g/mol. The molecule has 3 heteroatoms. The Kier molecular flexibility index (Phi) is 1.92. The van der Waals surface area contributed by atoms with Crippen LogP contribution in [0.1, 0.15) is 0 Å². The van der Waals surface area contributed by atoms with Crippen LogP contribution >= 0.6 is 12.4 Å². The zero-order chi connectivity index (χ0) is 6.10. The topological polar surface area (TPSA) is 26.0 Å². The number of hydrogen-bond donors (Lipinski definition) is 0. The third kappa shape index (κ3) is 0.977. The van der Waals surface area contributed by atoms with Crippen molar-refractivity contribution < 1.29 is 4.42 Å². The molecule has 2 heterocycles. The Morgan fingerprint density at radius 2 is 2.20 bits per heavy atom. The van der Waals surface area contributed by atoms with Crippen molar-refractivity contribution in [2.45, 2.75) is 0 Å². The average molecular weight is 156 g/mol. The molecule has 0 radical (unpaired) electrons. The Bertz CT molecular complexity index is 288. The van der Waals surface area contributed by atoms with Crippen LogP contribution in [0.4, 0.5) is 0 Å². The van der Waals surface area contributed by atoms with E-state index in [0.717, 1.165) is 11.1 Å². The summed E-state index contributed by atoms with van der Waals surface area (Å²) in [6.45, 7) is 0. The summed E-state index contributed by atoms with van der Waals surface area (Å²) in [7, 11) is 0. The summed E-state index contributed by atoms with van der Waals surface area (Å²) in [5, 5.41) is 0. The van der Waals surface area contributed by atoms with Gasteiger partial charge in [0.05, 0.1) is 6.26 Å². The maximum atomic E-state index is 5.06. The molecule has 52 valence electrons. The number of hydrogen-bond acceptors (Lipinski definition) is 2. The lowest BCUT2D eigenvalue weighted by atomic mass is 10.4. The average Bonchev–Trinajstić information content (AvgIpc) is 2.33. The van der Waals surface area contributed by atoms with Gasteiger partial charge in [0.25, 0.3) is 0 Å². The van der Waals surface area contributed by atoms with Crippen molar-refractivity contribution in [3.63, 3.8) is 0 Å². The van der Waals surface area contributed by atoms with Gasteiger partial charge in [-0.2, -0.15) is 0 Å². The number of halogens is 1. The molecule has 2 aromatic heterocycles. The van der Waals surface area contributed by atoms with Gasteiger partial charge in [-0.25, -0.2) is 0 Å². The summed E-state index contributed by atoms with van der Waals surface area (Å²) >= 11 is 0. The van der Waals surface area contributed by atoms with Gasteiger partial charge < -0.3 is 4.42 Å². The largest absolute Gasteiger partial charge is 0.463 e. The van der Waals surface area contributed by atoms with E-state index < -0.39 is 0 Å². The zero-order valence-corrected chi connectivity index (χ0v) is 5.97. The first-order chi connectivity index (χ1) is 4.47. The molecule has 0 unspecified atom stereocenters. The molecule has 2 aromatic rings. The molecule has 0 bridgehead atoms. The molecule has 0 aliphatic heterocycles. The molecular weight excluding hydrogens is 150 g/mol. The number of fused-ring (bicyclic) bond motifs is 1. The standard InChI is InChI=1S/C7H5NO.ClH/c1-2-7-6(8-4-1)3-5-9-7;/h1-5H;1H. The second-order valence-electron chi connectivity index (χ2n) is 1.81. The van der Waals surface area contributed by atoms with E-state index in [9.17, 15) is 0 Å². The van der Waals surface area contributed by atoms with Crippen molar-refractivity contribution in [2.75, 3.05) is 0 Å². The number of aromatic nitrogens is 1. The summed E-state index contributed by atoms with van der Waals surface area (Å²) < 4.78 is 5.06. The minimum absolute atomic E-state index is 0. The van der Waals surface area contributed by atoms with E-state index in [2.05, 4.69) is 4.98 Å². The predicted octanol–water partition coefficient (Wildman–Crippen LogP) is 2.25. The van der Waals surface area contributed by atoms with E-state index in [4.69, 9.17) is 4.42 Å². The fourth-order valence-corrected chi connectivity index (χ4v) is 0.799. The van der Waals surface area contributed by atoms with E-state index in [1.54, 1.807) is 12.5 Å². The van der Waals surface area contributed by atoms with Crippen molar-refractivity contribution >= 4 is 23.5 Å². The van der Waals surface area contributed by atoms with Gasteiger partial charge in [0.15, 0.2) is 5.58 Å². The zero-order valence-electron chi connectivity index (χ0n) is 5.15. The molecule has 2 rings (SSSR count). The number of nitrogens with zero attached hydrogens (tertiary/aromatic N) is 1. The van der Waals surface area contributed by atoms with Crippen molar-refractivity contribution in [3.8, 4) is 0 Å². The second-order valence-corrected chi connectivity index (χ2v) is 1.81.